The minimum atomic E-state index is -2.92. The SMILES string of the molecule is CCC(CCN)CCC(=O)NCCCS(C)(=O)=O. The molecule has 1 unspecified atom stereocenters. The van der Waals surface area contributed by atoms with Gasteiger partial charge in [-0.25, -0.2) is 8.42 Å². The molecule has 1 atom stereocenters. The summed E-state index contributed by atoms with van der Waals surface area (Å²) >= 11 is 0. The summed E-state index contributed by atoms with van der Waals surface area (Å²) < 4.78 is 21.8. The monoisotopic (exact) mass is 278 g/mol. The Bertz CT molecular complexity index is 328. The number of rotatable bonds is 10. The lowest BCUT2D eigenvalue weighted by molar-refractivity contribution is -0.121. The van der Waals surface area contributed by atoms with E-state index >= 15 is 0 Å². The van der Waals surface area contributed by atoms with Crippen molar-refractivity contribution in [3.8, 4) is 0 Å². The fourth-order valence-corrected chi connectivity index (χ4v) is 2.44. The van der Waals surface area contributed by atoms with Gasteiger partial charge in [0.15, 0.2) is 0 Å². The highest BCUT2D eigenvalue weighted by Gasteiger charge is 2.09. The van der Waals surface area contributed by atoms with E-state index in [1.54, 1.807) is 0 Å². The van der Waals surface area contributed by atoms with Crippen molar-refractivity contribution >= 4 is 15.7 Å². The number of nitrogens with one attached hydrogen (secondary N) is 1. The lowest BCUT2D eigenvalue weighted by Crippen LogP contribution is -2.26. The van der Waals surface area contributed by atoms with Crippen LogP contribution in [-0.4, -0.2) is 39.4 Å². The lowest BCUT2D eigenvalue weighted by Gasteiger charge is -2.13. The first kappa shape index (κ1) is 17.4. The first-order valence-electron chi connectivity index (χ1n) is 6.53. The van der Waals surface area contributed by atoms with E-state index in [0.29, 0.717) is 31.8 Å². The molecule has 0 aliphatic rings. The van der Waals surface area contributed by atoms with Gasteiger partial charge in [0.05, 0.1) is 5.75 Å². The molecule has 5 nitrogen and oxygen atoms in total. The molecule has 0 aromatic carbocycles. The smallest absolute Gasteiger partial charge is 0.220 e. The van der Waals surface area contributed by atoms with E-state index in [-0.39, 0.29) is 11.7 Å². The third kappa shape index (κ3) is 10.5. The van der Waals surface area contributed by atoms with Crippen LogP contribution in [0.25, 0.3) is 0 Å². The zero-order chi connectivity index (χ0) is 14.0. The van der Waals surface area contributed by atoms with Gasteiger partial charge in [-0.2, -0.15) is 0 Å². The van der Waals surface area contributed by atoms with Crippen LogP contribution in [0.2, 0.25) is 0 Å². The van der Waals surface area contributed by atoms with Gasteiger partial charge >= 0.3 is 0 Å². The Kier molecular flexibility index (Phi) is 9.01. The molecule has 0 aliphatic heterocycles. The third-order valence-electron chi connectivity index (χ3n) is 2.95. The first-order chi connectivity index (χ1) is 8.39. The molecular formula is C12H26N2O3S. The molecule has 0 aliphatic carbocycles. The fourth-order valence-electron chi connectivity index (χ4n) is 1.77. The summed E-state index contributed by atoms with van der Waals surface area (Å²) in [6, 6.07) is 0. The van der Waals surface area contributed by atoms with Gasteiger partial charge < -0.3 is 11.1 Å². The highest BCUT2D eigenvalue weighted by Crippen LogP contribution is 2.14. The Hall–Kier alpha value is -0.620. The lowest BCUT2D eigenvalue weighted by atomic mass is 9.96. The molecule has 0 saturated carbocycles. The second-order valence-electron chi connectivity index (χ2n) is 4.72. The number of hydrogen-bond donors (Lipinski definition) is 2. The summed E-state index contributed by atoms with van der Waals surface area (Å²) in [6.45, 7) is 3.19. The molecule has 0 saturated heterocycles. The highest BCUT2D eigenvalue weighted by molar-refractivity contribution is 7.90. The zero-order valence-electron chi connectivity index (χ0n) is 11.4. The van der Waals surface area contributed by atoms with Crippen LogP contribution in [0.3, 0.4) is 0 Å². The molecular weight excluding hydrogens is 252 g/mol. The molecule has 0 bridgehead atoms. The number of carbonyl (C=O) groups is 1. The van der Waals surface area contributed by atoms with Crippen LogP contribution in [0.1, 0.15) is 39.0 Å². The quantitative estimate of drug-likeness (QED) is 0.575. The average Bonchev–Trinajstić information content (AvgIpc) is 2.29. The van der Waals surface area contributed by atoms with Gasteiger partial charge in [-0.05, 0) is 31.7 Å². The summed E-state index contributed by atoms with van der Waals surface area (Å²) in [7, 11) is -2.92. The van der Waals surface area contributed by atoms with Crippen molar-refractivity contribution < 1.29 is 13.2 Å². The van der Waals surface area contributed by atoms with Crippen molar-refractivity contribution in [3.05, 3.63) is 0 Å². The number of nitrogens with two attached hydrogens (primary N) is 1. The van der Waals surface area contributed by atoms with Gasteiger partial charge in [0.2, 0.25) is 5.91 Å². The van der Waals surface area contributed by atoms with E-state index < -0.39 is 9.84 Å². The Morgan fingerprint density at radius 3 is 2.50 bits per heavy atom. The van der Waals surface area contributed by atoms with Gasteiger partial charge in [-0.3, -0.25) is 4.79 Å². The Labute approximate surface area is 110 Å². The first-order valence-corrected chi connectivity index (χ1v) is 8.59. The zero-order valence-corrected chi connectivity index (χ0v) is 12.3. The topological polar surface area (TPSA) is 89.3 Å². The Balaban J connectivity index is 3.65. The predicted octanol–water partition coefficient (Wildman–Crippen LogP) is 0.693. The normalized spacial score (nSPS) is 13.3. The molecule has 6 heteroatoms. The number of carbonyl (C=O) groups excluding carboxylic acids is 1. The van der Waals surface area contributed by atoms with E-state index in [1.165, 1.54) is 6.26 Å². The van der Waals surface area contributed by atoms with Crippen molar-refractivity contribution in [3.63, 3.8) is 0 Å². The second kappa shape index (κ2) is 9.33. The van der Waals surface area contributed by atoms with Crippen molar-refractivity contribution in [2.24, 2.45) is 11.7 Å². The molecule has 0 radical (unpaired) electrons. The van der Waals surface area contributed by atoms with E-state index in [4.69, 9.17) is 5.73 Å². The van der Waals surface area contributed by atoms with E-state index in [9.17, 15) is 13.2 Å². The van der Waals surface area contributed by atoms with Crippen LogP contribution in [-0.2, 0) is 14.6 Å². The van der Waals surface area contributed by atoms with Gasteiger partial charge in [-0.1, -0.05) is 13.3 Å². The molecule has 0 heterocycles. The van der Waals surface area contributed by atoms with Crippen LogP contribution >= 0.6 is 0 Å². The Morgan fingerprint density at radius 2 is 2.00 bits per heavy atom. The predicted molar refractivity (Wildman–Crippen MR) is 74.0 cm³/mol. The Morgan fingerprint density at radius 1 is 1.33 bits per heavy atom. The van der Waals surface area contributed by atoms with Gasteiger partial charge in [0.1, 0.15) is 9.84 Å². The van der Waals surface area contributed by atoms with Gasteiger partial charge in [0.25, 0.3) is 0 Å². The maximum Gasteiger partial charge on any atom is 0.220 e. The number of sulfone groups is 1. The standard InChI is InChI=1S/C12H26N2O3S/c1-3-11(7-8-13)5-6-12(15)14-9-4-10-18(2,16)17/h11H,3-10,13H2,1-2H3,(H,14,15). The molecule has 0 fully saturated rings. The van der Waals surface area contributed by atoms with Gasteiger partial charge in [0, 0.05) is 19.2 Å². The second-order valence-corrected chi connectivity index (χ2v) is 6.98. The highest BCUT2D eigenvalue weighted by atomic mass is 32.2. The summed E-state index contributed by atoms with van der Waals surface area (Å²) in [5.74, 6) is 0.633. The maximum absolute atomic E-state index is 11.5. The largest absolute Gasteiger partial charge is 0.356 e. The van der Waals surface area contributed by atoms with Crippen molar-refractivity contribution in [1.29, 1.82) is 0 Å². The van der Waals surface area contributed by atoms with E-state index in [1.807, 2.05) is 0 Å². The van der Waals surface area contributed by atoms with Crippen LogP contribution in [0.15, 0.2) is 0 Å². The minimum absolute atomic E-state index is 0.000951. The molecule has 0 spiro atoms. The van der Waals surface area contributed by atoms with Crippen molar-refractivity contribution in [1.82, 2.24) is 5.32 Å². The van der Waals surface area contributed by atoms with Crippen LogP contribution in [0.5, 0.6) is 0 Å². The molecule has 108 valence electrons. The molecule has 1 amide bonds. The maximum atomic E-state index is 11.5. The fraction of sp³-hybridized carbons (Fsp3) is 0.917. The molecule has 0 aromatic rings. The molecule has 3 N–H and O–H groups in total. The summed E-state index contributed by atoms with van der Waals surface area (Å²) in [5, 5.41) is 2.74. The molecule has 18 heavy (non-hydrogen) atoms. The molecule has 0 aromatic heterocycles. The van der Waals surface area contributed by atoms with Crippen molar-refractivity contribution in [2.45, 2.75) is 39.0 Å². The number of hydrogen-bond acceptors (Lipinski definition) is 4. The van der Waals surface area contributed by atoms with Crippen LogP contribution in [0, 0.1) is 5.92 Å². The third-order valence-corrected chi connectivity index (χ3v) is 3.98. The van der Waals surface area contributed by atoms with E-state index in [0.717, 1.165) is 19.3 Å². The summed E-state index contributed by atoms with van der Waals surface area (Å²) in [5.41, 5.74) is 5.49. The minimum Gasteiger partial charge on any atom is -0.356 e. The van der Waals surface area contributed by atoms with Crippen LogP contribution < -0.4 is 11.1 Å². The van der Waals surface area contributed by atoms with Gasteiger partial charge in [-0.15, -0.1) is 0 Å². The van der Waals surface area contributed by atoms with Crippen molar-refractivity contribution in [2.75, 3.05) is 25.1 Å². The summed E-state index contributed by atoms with van der Waals surface area (Å²) in [6.07, 6.45) is 5.03. The number of amides is 1. The summed E-state index contributed by atoms with van der Waals surface area (Å²) in [4.78, 5) is 11.5. The average molecular weight is 278 g/mol. The van der Waals surface area contributed by atoms with Crippen LogP contribution in [0.4, 0.5) is 0 Å². The molecule has 0 rings (SSSR count). The van der Waals surface area contributed by atoms with E-state index in [2.05, 4.69) is 12.2 Å².